The number of nitrogens with zero attached hydrogens (tertiary/aromatic N) is 3. The fourth-order valence-electron chi connectivity index (χ4n) is 3.26. The molecule has 0 saturated carbocycles. The molecular weight excluding hydrogens is 304 g/mol. The summed E-state index contributed by atoms with van der Waals surface area (Å²) in [5.74, 6) is 1.57. The van der Waals surface area contributed by atoms with Crippen LogP contribution in [0, 0.1) is 18.8 Å². The van der Waals surface area contributed by atoms with Crippen LogP contribution < -0.4 is 9.62 Å². The third-order valence-corrected chi connectivity index (χ3v) is 5.08. The minimum atomic E-state index is -3.17. The summed E-state index contributed by atoms with van der Waals surface area (Å²) >= 11 is 0. The number of hydrogen-bond donors (Lipinski definition) is 1. The molecule has 3 rings (SSSR count). The Labute approximate surface area is 131 Å². The molecule has 0 radical (unpaired) electrons. The van der Waals surface area contributed by atoms with E-state index >= 15 is 0 Å². The van der Waals surface area contributed by atoms with Crippen LogP contribution in [0.4, 0.5) is 5.95 Å². The summed E-state index contributed by atoms with van der Waals surface area (Å²) in [6.45, 7) is 4.75. The molecule has 0 aromatic carbocycles. The molecule has 0 aliphatic carbocycles. The Kier molecular flexibility index (Phi) is 4.33. The Hall–Kier alpha value is -1.25. The smallest absolute Gasteiger partial charge is 0.225 e. The van der Waals surface area contributed by atoms with E-state index in [1.54, 1.807) is 0 Å². The fourth-order valence-corrected chi connectivity index (χ4v) is 3.73. The van der Waals surface area contributed by atoms with Crippen molar-refractivity contribution in [1.82, 2.24) is 14.7 Å². The van der Waals surface area contributed by atoms with Crippen molar-refractivity contribution < 1.29 is 13.2 Å². The van der Waals surface area contributed by atoms with Gasteiger partial charge >= 0.3 is 0 Å². The highest BCUT2D eigenvalue weighted by Crippen LogP contribution is 2.35. The summed E-state index contributed by atoms with van der Waals surface area (Å²) in [6, 6.07) is 0. The SMILES string of the molecule is Cc1cnc(N2CC[C@@H]3[C@@H](CO[C@@H]3CNS(C)(=O)=O)C2)nc1. The zero-order valence-corrected chi connectivity index (χ0v) is 13.7. The van der Waals surface area contributed by atoms with Gasteiger partial charge in [0.1, 0.15) is 0 Å². The quantitative estimate of drug-likeness (QED) is 0.849. The van der Waals surface area contributed by atoms with E-state index < -0.39 is 10.0 Å². The van der Waals surface area contributed by atoms with Gasteiger partial charge in [-0.05, 0) is 24.8 Å². The first-order valence-corrected chi connectivity index (χ1v) is 9.41. The van der Waals surface area contributed by atoms with E-state index in [0.717, 1.165) is 31.0 Å². The first-order valence-electron chi connectivity index (χ1n) is 7.52. The van der Waals surface area contributed by atoms with Crippen LogP contribution in [0.1, 0.15) is 12.0 Å². The third kappa shape index (κ3) is 3.56. The van der Waals surface area contributed by atoms with Gasteiger partial charge in [-0.3, -0.25) is 0 Å². The predicted octanol–water partition coefficient (Wildman–Crippen LogP) is 0.176. The zero-order valence-electron chi connectivity index (χ0n) is 12.9. The number of aryl methyl sites for hydroxylation is 1. The molecule has 2 saturated heterocycles. The molecule has 1 aromatic rings. The van der Waals surface area contributed by atoms with Crippen LogP contribution >= 0.6 is 0 Å². The molecule has 2 aliphatic rings. The lowest BCUT2D eigenvalue weighted by Gasteiger charge is -2.35. The Balaban J connectivity index is 1.60. The van der Waals surface area contributed by atoms with E-state index in [1.165, 1.54) is 6.26 Å². The molecule has 8 heteroatoms. The standard InChI is InChI=1S/C14H22N4O3S/c1-10-5-15-14(16-6-10)18-4-3-12-11(8-18)9-21-13(12)7-17-22(2,19)20/h5-6,11-13,17H,3-4,7-9H2,1-2H3/t11-,12-,13-/m1/s1. The van der Waals surface area contributed by atoms with Crippen LogP contribution in [0.15, 0.2) is 12.4 Å². The highest BCUT2D eigenvalue weighted by atomic mass is 32.2. The van der Waals surface area contributed by atoms with Gasteiger partial charge in [-0.1, -0.05) is 0 Å². The monoisotopic (exact) mass is 326 g/mol. The summed E-state index contributed by atoms with van der Waals surface area (Å²) in [4.78, 5) is 11.0. The number of fused-ring (bicyclic) bond motifs is 1. The van der Waals surface area contributed by atoms with E-state index in [1.807, 2.05) is 19.3 Å². The van der Waals surface area contributed by atoms with Gasteiger partial charge in [0.15, 0.2) is 0 Å². The second-order valence-corrected chi connectivity index (χ2v) is 8.04. The van der Waals surface area contributed by atoms with Crippen molar-refractivity contribution in [2.75, 3.05) is 37.4 Å². The number of hydrogen-bond acceptors (Lipinski definition) is 6. The molecule has 7 nitrogen and oxygen atoms in total. The molecule has 0 unspecified atom stereocenters. The van der Waals surface area contributed by atoms with Gasteiger partial charge in [0.2, 0.25) is 16.0 Å². The number of anilines is 1. The second kappa shape index (κ2) is 6.10. The molecule has 2 fully saturated rings. The van der Waals surface area contributed by atoms with E-state index in [4.69, 9.17) is 4.74 Å². The highest BCUT2D eigenvalue weighted by Gasteiger charge is 2.41. The minimum Gasteiger partial charge on any atom is -0.376 e. The Morgan fingerprint density at radius 3 is 2.82 bits per heavy atom. The highest BCUT2D eigenvalue weighted by molar-refractivity contribution is 7.88. The number of aromatic nitrogens is 2. The van der Waals surface area contributed by atoms with E-state index in [2.05, 4.69) is 19.6 Å². The average molecular weight is 326 g/mol. The molecule has 3 heterocycles. The summed E-state index contributed by atoms with van der Waals surface area (Å²) in [6.07, 6.45) is 5.78. The number of ether oxygens (including phenoxy) is 1. The second-order valence-electron chi connectivity index (χ2n) is 6.21. The lowest BCUT2D eigenvalue weighted by Crippen LogP contribution is -2.44. The first kappa shape index (κ1) is 15.6. The maximum absolute atomic E-state index is 11.2. The number of nitrogens with one attached hydrogen (secondary N) is 1. The maximum Gasteiger partial charge on any atom is 0.225 e. The Morgan fingerprint density at radius 1 is 1.41 bits per heavy atom. The number of rotatable bonds is 4. The number of sulfonamides is 1. The largest absolute Gasteiger partial charge is 0.376 e. The van der Waals surface area contributed by atoms with Gasteiger partial charge in [0.05, 0.1) is 19.0 Å². The van der Waals surface area contributed by atoms with Crippen LogP contribution in [0.3, 0.4) is 0 Å². The van der Waals surface area contributed by atoms with Crippen LogP contribution in [0.5, 0.6) is 0 Å². The lowest BCUT2D eigenvalue weighted by molar-refractivity contribution is 0.0930. The van der Waals surface area contributed by atoms with Crippen molar-refractivity contribution in [3.05, 3.63) is 18.0 Å². The van der Waals surface area contributed by atoms with E-state index in [-0.39, 0.29) is 6.10 Å². The fraction of sp³-hybridized carbons (Fsp3) is 0.714. The zero-order chi connectivity index (χ0) is 15.7. The van der Waals surface area contributed by atoms with Crippen LogP contribution in [0.2, 0.25) is 0 Å². The van der Waals surface area contributed by atoms with E-state index in [0.29, 0.717) is 25.0 Å². The molecule has 2 aliphatic heterocycles. The molecule has 1 N–H and O–H groups in total. The molecular formula is C14H22N4O3S. The van der Waals surface area contributed by atoms with Crippen LogP contribution in [-0.4, -0.2) is 57.0 Å². The Morgan fingerprint density at radius 2 is 2.14 bits per heavy atom. The molecule has 0 bridgehead atoms. The normalized spacial score (nSPS) is 28.6. The minimum absolute atomic E-state index is 0.0270. The van der Waals surface area contributed by atoms with Crippen molar-refractivity contribution in [2.45, 2.75) is 19.4 Å². The summed E-state index contributed by atoms with van der Waals surface area (Å²) < 4.78 is 30.8. The average Bonchev–Trinajstić information content (AvgIpc) is 2.87. The van der Waals surface area contributed by atoms with Crippen molar-refractivity contribution in [3.63, 3.8) is 0 Å². The predicted molar refractivity (Wildman–Crippen MR) is 83.2 cm³/mol. The van der Waals surface area contributed by atoms with Gasteiger partial charge in [-0.25, -0.2) is 23.1 Å². The lowest BCUT2D eigenvalue weighted by atomic mass is 9.84. The maximum atomic E-state index is 11.2. The first-order chi connectivity index (χ1) is 10.4. The van der Waals surface area contributed by atoms with Gasteiger partial charge in [0, 0.05) is 37.9 Å². The number of piperidine rings is 1. The van der Waals surface area contributed by atoms with Crippen molar-refractivity contribution in [2.24, 2.45) is 11.8 Å². The van der Waals surface area contributed by atoms with Crippen LogP contribution in [0.25, 0.3) is 0 Å². The third-order valence-electron chi connectivity index (χ3n) is 4.39. The van der Waals surface area contributed by atoms with Gasteiger partial charge < -0.3 is 9.64 Å². The molecule has 1 aromatic heterocycles. The van der Waals surface area contributed by atoms with Crippen molar-refractivity contribution in [1.29, 1.82) is 0 Å². The molecule has 122 valence electrons. The van der Waals surface area contributed by atoms with Crippen molar-refractivity contribution >= 4 is 16.0 Å². The molecule has 0 amide bonds. The Bertz CT molecular complexity index is 619. The van der Waals surface area contributed by atoms with Gasteiger partial charge in [-0.15, -0.1) is 0 Å². The van der Waals surface area contributed by atoms with E-state index in [9.17, 15) is 8.42 Å². The summed E-state index contributed by atoms with van der Waals surface area (Å²) in [7, 11) is -3.17. The molecule has 22 heavy (non-hydrogen) atoms. The molecule has 0 spiro atoms. The van der Waals surface area contributed by atoms with Gasteiger partial charge in [0.25, 0.3) is 0 Å². The topological polar surface area (TPSA) is 84.4 Å². The summed E-state index contributed by atoms with van der Waals surface area (Å²) in [5, 5.41) is 0. The van der Waals surface area contributed by atoms with Crippen molar-refractivity contribution in [3.8, 4) is 0 Å². The summed E-state index contributed by atoms with van der Waals surface area (Å²) in [5.41, 5.74) is 1.05. The van der Waals surface area contributed by atoms with Gasteiger partial charge in [-0.2, -0.15) is 0 Å². The van der Waals surface area contributed by atoms with Crippen LogP contribution in [-0.2, 0) is 14.8 Å². The molecule has 3 atom stereocenters.